The van der Waals surface area contributed by atoms with Gasteiger partial charge < -0.3 is 10.6 Å². The van der Waals surface area contributed by atoms with Crippen LogP contribution in [0.3, 0.4) is 0 Å². The van der Waals surface area contributed by atoms with Gasteiger partial charge in [0.15, 0.2) is 0 Å². The molecule has 2 N–H and O–H groups in total. The number of carbonyl (C=O) groups excluding carboxylic acids is 1. The molecule has 0 spiro atoms. The summed E-state index contributed by atoms with van der Waals surface area (Å²) in [6, 6.07) is 18.4. The number of anilines is 2. The molecule has 30 heavy (non-hydrogen) atoms. The Labute approximate surface area is 179 Å². The molecule has 0 bridgehead atoms. The van der Waals surface area contributed by atoms with Crippen LogP contribution < -0.4 is 10.6 Å². The van der Waals surface area contributed by atoms with Gasteiger partial charge in [0.05, 0.1) is 11.1 Å². The Morgan fingerprint density at radius 1 is 0.967 bits per heavy atom. The summed E-state index contributed by atoms with van der Waals surface area (Å²) in [7, 11) is 0. The zero-order valence-electron chi connectivity index (χ0n) is 17.8. The second kappa shape index (κ2) is 9.75. The number of aromatic nitrogens is 1. The number of amides is 1. The molecule has 1 saturated carbocycles. The first kappa shape index (κ1) is 20.4. The van der Waals surface area contributed by atoms with Crippen LogP contribution in [-0.2, 0) is 6.42 Å². The highest BCUT2D eigenvalue weighted by Gasteiger charge is 2.18. The van der Waals surface area contributed by atoms with Crippen molar-refractivity contribution < 1.29 is 4.79 Å². The molecular weight excluding hydrogens is 370 g/mol. The minimum absolute atomic E-state index is 0.00329. The highest BCUT2D eigenvalue weighted by atomic mass is 16.1. The molecule has 0 aliphatic heterocycles. The van der Waals surface area contributed by atoms with Crippen LogP contribution in [0.4, 0.5) is 11.5 Å². The van der Waals surface area contributed by atoms with E-state index in [4.69, 9.17) is 4.98 Å². The Hall–Kier alpha value is -2.88. The molecule has 1 heterocycles. The zero-order chi connectivity index (χ0) is 20.8. The van der Waals surface area contributed by atoms with Gasteiger partial charge in [-0.2, -0.15) is 0 Å². The van der Waals surface area contributed by atoms with Gasteiger partial charge in [0, 0.05) is 17.1 Å². The van der Waals surface area contributed by atoms with Crippen molar-refractivity contribution in [3.05, 3.63) is 65.7 Å². The quantitative estimate of drug-likeness (QED) is 0.521. The Kier molecular flexibility index (Phi) is 6.63. The third kappa shape index (κ3) is 4.99. The summed E-state index contributed by atoms with van der Waals surface area (Å²) in [5.41, 5.74) is 3.79. The van der Waals surface area contributed by atoms with Crippen molar-refractivity contribution in [3.63, 3.8) is 0 Å². The van der Waals surface area contributed by atoms with Crippen molar-refractivity contribution >= 4 is 28.3 Å². The lowest BCUT2D eigenvalue weighted by Crippen LogP contribution is -2.35. The Morgan fingerprint density at radius 2 is 1.67 bits per heavy atom. The topological polar surface area (TPSA) is 54.0 Å². The molecule has 0 atom stereocenters. The maximum atomic E-state index is 13.2. The number of pyridine rings is 1. The number of nitrogens with zero attached hydrogens (tertiary/aromatic N) is 1. The van der Waals surface area contributed by atoms with Gasteiger partial charge in [-0.1, -0.05) is 69.4 Å². The smallest absolute Gasteiger partial charge is 0.252 e. The fraction of sp³-hybridized carbons (Fsp3) is 0.385. The van der Waals surface area contributed by atoms with Gasteiger partial charge in [0.2, 0.25) is 0 Å². The van der Waals surface area contributed by atoms with Crippen LogP contribution in [0.5, 0.6) is 0 Å². The lowest BCUT2D eigenvalue weighted by atomic mass is 9.96. The Bertz CT molecular complexity index is 989. The number of fused-ring (bicyclic) bond motifs is 1. The molecule has 4 nitrogen and oxygen atoms in total. The molecule has 3 aromatic rings. The van der Waals surface area contributed by atoms with E-state index in [9.17, 15) is 4.79 Å². The fourth-order valence-corrected chi connectivity index (χ4v) is 4.26. The minimum Gasteiger partial charge on any atom is -0.349 e. The summed E-state index contributed by atoms with van der Waals surface area (Å²) < 4.78 is 0. The van der Waals surface area contributed by atoms with Gasteiger partial charge in [0.1, 0.15) is 5.82 Å². The second-order valence-electron chi connectivity index (χ2n) is 8.26. The fourth-order valence-electron chi connectivity index (χ4n) is 4.26. The molecule has 1 amide bonds. The van der Waals surface area contributed by atoms with Gasteiger partial charge in [-0.3, -0.25) is 4.79 Å². The molecule has 0 saturated heterocycles. The van der Waals surface area contributed by atoms with Crippen LogP contribution in [-0.4, -0.2) is 16.9 Å². The maximum Gasteiger partial charge on any atom is 0.252 e. The van der Waals surface area contributed by atoms with Crippen molar-refractivity contribution in [1.29, 1.82) is 0 Å². The van der Waals surface area contributed by atoms with E-state index >= 15 is 0 Å². The summed E-state index contributed by atoms with van der Waals surface area (Å²) >= 11 is 0. The standard InChI is InChI=1S/C26H31N3O/c1-2-19-14-16-21(17-15-19)27-25-18-23(22-12-8-9-13-24(22)29-25)26(30)28-20-10-6-4-3-5-7-11-20/h8-9,12-18,20H,2-7,10-11H2,1H3,(H,27,29)(H,28,30). The zero-order valence-corrected chi connectivity index (χ0v) is 17.8. The number of aryl methyl sites for hydroxylation is 1. The van der Waals surface area contributed by atoms with Crippen LogP contribution in [0, 0.1) is 0 Å². The largest absolute Gasteiger partial charge is 0.349 e. The molecule has 4 heteroatoms. The van der Waals surface area contributed by atoms with E-state index in [2.05, 4.69) is 41.8 Å². The number of hydrogen-bond acceptors (Lipinski definition) is 3. The van der Waals surface area contributed by atoms with Gasteiger partial charge in [-0.05, 0) is 49.1 Å². The van der Waals surface area contributed by atoms with E-state index in [1.807, 2.05) is 30.3 Å². The first-order valence-electron chi connectivity index (χ1n) is 11.3. The van der Waals surface area contributed by atoms with Crippen LogP contribution in [0.15, 0.2) is 54.6 Å². The highest BCUT2D eigenvalue weighted by molar-refractivity contribution is 6.07. The number of nitrogens with one attached hydrogen (secondary N) is 2. The van der Waals surface area contributed by atoms with Crippen LogP contribution >= 0.6 is 0 Å². The summed E-state index contributed by atoms with van der Waals surface area (Å²) in [5.74, 6) is 0.698. The van der Waals surface area contributed by atoms with Crippen molar-refractivity contribution in [2.75, 3.05) is 5.32 Å². The monoisotopic (exact) mass is 401 g/mol. The van der Waals surface area contributed by atoms with E-state index < -0.39 is 0 Å². The van der Waals surface area contributed by atoms with Gasteiger partial charge in [-0.15, -0.1) is 0 Å². The SMILES string of the molecule is CCc1ccc(Nc2cc(C(=O)NC3CCCCCCC3)c3ccccc3n2)cc1. The van der Waals surface area contributed by atoms with Crippen molar-refractivity contribution in [3.8, 4) is 0 Å². The van der Waals surface area contributed by atoms with Crippen LogP contribution in [0.25, 0.3) is 10.9 Å². The molecular formula is C26H31N3O. The summed E-state index contributed by atoms with van der Waals surface area (Å²) in [5, 5.41) is 7.58. The minimum atomic E-state index is 0.00329. The lowest BCUT2D eigenvalue weighted by molar-refractivity contribution is 0.0932. The van der Waals surface area contributed by atoms with E-state index in [1.165, 1.54) is 37.7 Å². The number of hydrogen-bond donors (Lipinski definition) is 2. The van der Waals surface area contributed by atoms with E-state index in [0.717, 1.165) is 35.9 Å². The summed E-state index contributed by atoms with van der Waals surface area (Å²) in [4.78, 5) is 18.0. The van der Waals surface area contributed by atoms with Crippen molar-refractivity contribution in [1.82, 2.24) is 10.3 Å². The number of carbonyl (C=O) groups is 1. The summed E-state index contributed by atoms with van der Waals surface area (Å²) in [6.07, 6.45) is 9.42. The molecule has 0 unspecified atom stereocenters. The number of para-hydroxylation sites is 1. The highest BCUT2D eigenvalue weighted by Crippen LogP contribution is 2.24. The van der Waals surface area contributed by atoms with E-state index in [0.29, 0.717) is 11.4 Å². The molecule has 1 aliphatic rings. The normalized spacial score (nSPS) is 15.4. The third-order valence-corrected chi connectivity index (χ3v) is 6.04. The van der Waals surface area contributed by atoms with Crippen molar-refractivity contribution in [2.45, 2.75) is 64.3 Å². The summed E-state index contributed by atoms with van der Waals surface area (Å²) in [6.45, 7) is 2.15. The number of benzene rings is 2. The molecule has 156 valence electrons. The van der Waals surface area contributed by atoms with Gasteiger partial charge in [0.25, 0.3) is 5.91 Å². The average Bonchev–Trinajstić information content (AvgIpc) is 2.75. The molecule has 0 radical (unpaired) electrons. The van der Waals surface area contributed by atoms with Crippen LogP contribution in [0.1, 0.15) is 67.8 Å². The van der Waals surface area contributed by atoms with Crippen LogP contribution in [0.2, 0.25) is 0 Å². The van der Waals surface area contributed by atoms with Gasteiger partial charge >= 0.3 is 0 Å². The van der Waals surface area contributed by atoms with E-state index in [1.54, 1.807) is 0 Å². The first-order chi connectivity index (χ1) is 14.7. The lowest BCUT2D eigenvalue weighted by Gasteiger charge is -2.21. The molecule has 1 fully saturated rings. The predicted octanol–water partition coefficient (Wildman–Crippen LogP) is 6.38. The average molecular weight is 402 g/mol. The molecule has 2 aromatic carbocycles. The Balaban J connectivity index is 1.59. The van der Waals surface area contributed by atoms with E-state index in [-0.39, 0.29) is 11.9 Å². The maximum absolute atomic E-state index is 13.2. The first-order valence-corrected chi connectivity index (χ1v) is 11.3. The predicted molar refractivity (Wildman–Crippen MR) is 124 cm³/mol. The van der Waals surface area contributed by atoms with Gasteiger partial charge in [-0.25, -0.2) is 4.98 Å². The molecule has 4 rings (SSSR count). The number of rotatable bonds is 5. The third-order valence-electron chi connectivity index (χ3n) is 6.04. The second-order valence-corrected chi connectivity index (χ2v) is 8.26. The Morgan fingerprint density at radius 3 is 2.40 bits per heavy atom. The molecule has 1 aliphatic carbocycles. The van der Waals surface area contributed by atoms with Crippen molar-refractivity contribution in [2.24, 2.45) is 0 Å². The molecule has 1 aromatic heterocycles.